The number of fused-ring (bicyclic) bond motifs is 3. The van der Waals surface area contributed by atoms with E-state index in [0.717, 1.165) is 12.3 Å². The van der Waals surface area contributed by atoms with Gasteiger partial charge in [-0.1, -0.05) is 0 Å². The molecule has 0 aliphatic heterocycles. The first-order valence-electron chi connectivity index (χ1n) is 8.41. The second-order valence-electron chi connectivity index (χ2n) is 6.20. The Labute approximate surface area is 160 Å². The lowest BCUT2D eigenvalue weighted by Gasteiger charge is -2.10. The lowest BCUT2D eigenvalue weighted by Crippen LogP contribution is -2.16. The first kappa shape index (κ1) is 16.9. The molecule has 1 aromatic carbocycles. The number of carboxylic acid groups (broad SMARTS) is 1. The standard InChI is InChI=1S/C20H10FN3O5/c21-11-7-9-14(22-8-10(19(9)25)20(26)27)18-15(11)23-16(12-3-1-5-28-12)17(24-18)13-4-2-6-29-13/h1-8,23H,(H,26,27). The van der Waals surface area contributed by atoms with Crippen molar-refractivity contribution in [3.63, 3.8) is 0 Å². The number of carboxylic acids is 1. The Hall–Kier alpha value is -4.27. The predicted molar refractivity (Wildman–Crippen MR) is 100.0 cm³/mol. The molecule has 0 bridgehead atoms. The van der Waals surface area contributed by atoms with Crippen molar-refractivity contribution >= 4 is 27.9 Å². The van der Waals surface area contributed by atoms with Gasteiger partial charge in [-0.25, -0.2) is 14.2 Å². The van der Waals surface area contributed by atoms with Crippen molar-refractivity contribution in [1.29, 1.82) is 0 Å². The van der Waals surface area contributed by atoms with Crippen molar-refractivity contribution < 1.29 is 23.1 Å². The topological polar surface area (TPSA) is 122 Å². The van der Waals surface area contributed by atoms with Crippen molar-refractivity contribution in [3.8, 4) is 22.9 Å². The number of hydrogen-bond acceptors (Lipinski definition) is 6. The normalized spacial score (nSPS) is 11.3. The molecular weight excluding hydrogens is 381 g/mol. The quantitative estimate of drug-likeness (QED) is 0.448. The monoisotopic (exact) mass is 391 g/mol. The number of pyridine rings is 1. The summed E-state index contributed by atoms with van der Waals surface area (Å²) in [5.41, 5.74) is -0.545. The van der Waals surface area contributed by atoms with E-state index in [1.165, 1.54) is 12.5 Å². The molecule has 0 spiro atoms. The third kappa shape index (κ3) is 2.52. The molecule has 142 valence electrons. The average Bonchev–Trinajstić information content (AvgIpc) is 3.42. The number of hydrogen-bond donors (Lipinski definition) is 2. The van der Waals surface area contributed by atoms with Crippen LogP contribution in [0.4, 0.5) is 4.39 Å². The minimum Gasteiger partial charge on any atom is -0.477 e. The summed E-state index contributed by atoms with van der Waals surface area (Å²) >= 11 is 0. The lowest BCUT2D eigenvalue weighted by atomic mass is 10.1. The minimum atomic E-state index is -1.44. The third-order valence-electron chi connectivity index (χ3n) is 4.50. The summed E-state index contributed by atoms with van der Waals surface area (Å²) in [6, 6.07) is 7.65. The lowest BCUT2D eigenvalue weighted by molar-refractivity contribution is 0.0695. The summed E-state index contributed by atoms with van der Waals surface area (Å²) in [5, 5.41) is 8.97. The summed E-state index contributed by atoms with van der Waals surface area (Å²) in [5.74, 6) is -1.42. The van der Waals surface area contributed by atoms with Crippen LogP contribution in [0.2, 0.25) is 0 Å². The highest BCUT2D eigenvalue weighted by atomic mass is 19.1. The number of carbonyl (C=O) groups is 1. The van der Waals surface area contributed by atoms with Crippen LogP contribution < -0.4 is 5.43 Å². The Kier molecular flexibility index (Phi) is 3.56. The third-order valence-corrected chi connectivity index (χ3v) is 4.50. The number of furan rings is 2. The first-order chi connectivity index (χ1) is 14.0. The fourth-order valence-corrected chi connectivity index (χ4v) is 3.19. The highest BCUT2D eigenvalue weighted by molar-refractivity contribution is 6.04. The summed E-state index contributed by atoms with van der Waals surface area (Å²) in [6.45, 7) is 0. The van der Waals surface area contributed by atoms with Crippen LogP contribution in [0.3, 0.4) is 0 Å². The Bertz CT molecular complexity index is 1450. The molecule has 0 aliphatic rings. The Morgan fingerprint density at radius 3 is 2.48 bits per heavy atom. The van der Waals surface area contributed by atoms with Gasteiger partial charge in [-0.15, -0.1) is 0 Å². The van der Waals surface area contributed by atoms with Crippen LogP contribution in [-0.4, -0.2) is 26.0 Å². The van der Waals surface area contributed by atoms with E-state index in [4.69, 9.17) is 13.9 Å². The van der Waals surface area contributed by atoms with E-state index >= 15 is 0 Å². The summed E-state index contributed by atoms with van der Waals surface area (Å²) < 4.78 is 25.8. The molecule has 0 fully saturated rings. The van der Waals surface area contributed by atoms with Gasteiger partial charge in [0.1, 0.15) is 39.3 Å². The molecule has 5 aromatic rings. The van der Waals surface area contributed by atoms with E-state index in [0.29, 0.717) is 22.9 Å². The maximum Gasteiger partial charge on any atom is 0.341 e. The van der Waals surface area contributed by atoms with E-state index in [1.54, 1.807) is 24.3 Å². The highest BCUT2D eigenvalue weighted by Crippen LogP contribution is 2.33. The van der Waals surface area contributed by atoms with Gasteiger partial charge in [-0.3, -0.25) is 9.78 Å². The predicted octanol–water partition coefficient (Wildman–Crippen LogP) is 3.83. The van der Waals surface area contributed by atoms with Crippen molar-refractivity contribution in [2.45, 2.75) is 0 Å². The zero-order valence-electron chi connectivity index (χ0n) is 14.5. The van der Waals surface area contributed by atoms with Crippen LogP contribution >= 0.6 is 0 Å². The molecule has 2 N–H and O–H groups in total. The smallest absolute Gasteiger partial charge is 0.341 e. The number of halogens is 1. The van der Waals surface area contributed by atoms with Gasteiger partial charge in [0, 0.05) is 6.20 Å². The number of aromatic nitrogens is 3. The molecule has 4 heterocycles. The van der Waals surface area contributed by atoms with Crippen molar-refractivity contribution in [1.82, 2.24) is 15.0 Å². The van der Waals surface area contributed by atoms with Crippen LogP contribution in [0, 0.1) is 5.82 Å². The van der Waals surface area contributed by atoms with E-state index < -0.39 is 22.8 Å². The van der Waals surface area contributed by atoms with Crippen molar-refractivity contribution in [3.05, 3.63) is 70.7 Å². The second kappa shape index (κ2) is 6.13. The van der Waals surface area contributed by atoms with E-state index in [-0.39, 0.29) is 21.9 Å². The average molecular weight is 391 g/mol. The Morgan fingerprint density at radius 2 is 1.83 bits per heavy atom. The molecule has 29 heavy (non-hydrogen) atoms. The largest absolute Gasteiger partial charge is 0.477 e. The number of benzene rings is 1. The number of rotatable bonds is 3. The highest BCUT2D eigenvalue weighted by Gasteiger charge is 2.21. The molecular formula is C20H10FN3O5. The van der Waals surface area contributed by atoms with Gasteiger partial charge in [0.25, 0.3) is 0 Å². The van der Waals surface area contributed by atoms with Gasteiger partial charge in [-0.2, -0.15) is 0 Å². The maximum absolute atomic E-state index is 14.9. The minimum absolute atomic E-state index is 0.00539. The number of aromatic amines is 1. The SMILES string of the molecule is O=C(O)c1cnc2c(cc(F)c3[nH]c(-c4ccco4)c(-c4ccco4)nc32)c1=O. The van der Waals surface area contributed by atoms with E-state index in [9.17, 15) is 14.0 Å². The molecule has 0 amide bonds. The molecule has 0 radical (unpaired) electrons. The van der Waals surface area contributed by atoms with Gasteiger partial charge >= 0.3 is 5.97 Å². The summed E-state index contributed by atoms with van der Waals surface area (Å²) in [7, 11) is 0. The number of nitrogens with one attached hydrogen (secondary N) is 1. The molecule has 0 aliphatic carbocycles. The van der Waals surface area contributed by atoms with Gasteiger partial charge in [-0.05, 0) is 30.3 Å². The fourth-order valence-electron chi connectivity index (χ4n) is 3.19. The Morgan fingerprint density at radius 1 is 1.10 bits per heavy atom. The van der Waals surface area contributed by atoms with Gasteiger partial charge < -0.3 is 18.9 Å². The summed E-state index contributed by atoms with van der Waals surface area (Å²) in [4.78, 5) is 35.2. The Balaban J connectivity index is 1.93. The molecule has 0 unspecified atom stereocenters. The molecule has 0 saturated carbocycles. The van der Waals surface area contributed by atoms with Gasteiger partial charge in [0.15, 0.2) is 11.5 Å². The molecule has 0 saturated heterocycles. The fraction of sp³-hybridized carbons (Fsp3) is 0. The second-order valence-corrected chi connectivity index (χ2v) is 6.20. The zero-order chi connectivity index (χ0) is 20.1. The first-order valence-corrected chi connectivity index (χ1v) is 8.41. The zero-order valence-corrected chi connectivity index (χ0v) is 14.5. The molecule has 0 atom stereocenters. The maximum atomic E-state index is 14.9. The van der Waals surface area contributed by atoms with Crippen LogP contribution in [0.1, 0.15) is 10.4 Å². The number of aromatic carboxylic acids is 1. The van der Waals surface area contributed by atoms with Crippen LogP contribution in [0.15, 0.2) is 62.7 Å². The number of H-pyrrole nitrogens is 1. The molecule has 9 heteroatoms. The summed E-state index contributed by atoms with van der Waals surface area (Å²) in [6.07, 6.45) is 3.87. The molecule has 5 rings (SSSR count). The molecule has 4 aromatic heterocycles. The van der Waals surface area contributed by atoms with Gasteiger partial charge in [0.2, 0.25) is 5.43 Å². The number of nitrogens with zero attached hydrogens (tertiary/aromatic N) is 2. The van der Waals surface area contributed by atoms with Crippen LogP contribution in [0.25, 0.3) is 44.8 Å². The van der Waals surface area contributed by atoms with E-state index in [1.807, 2.05) is 0 Å². The van der Waals surface area contributed by atoms with Gasteiger partial charge in [0.05, 0.1) is 17.9 Å². The molecule has 8 nitrogen and oxygen atoms in total. The van der Waals surface area contributed by atoms with E-state index in [2.05, 4.69) is 15.0 Å². The van der Waals surface area contributed by atoms with Crippen LogP contribution in [0.5, 0.6) is 0 Å². The van der Waals surface area contributed by atoms with Crippen molar-refractivity contribution in [2.24, 2.45) is 0 Å². The van der Waals surface area contributed by atoms with Crippen molar-refractivity contribution in [2.75, 3.05) is 0 Å². The van der Waals surface area contributed by atoms with Crippen LogP contribution in [-0.2, 0) is 0 Å².